The number of carbonyl (C=O) groups is 2. The number of unbranched alkanes of at least 4 members (excludes halogenated alkanes) is 3. The van der Waals surface area contributed by atoms with Gasteiger partial charge in [-0.1, -0.05) is 25.5 Å². The molecule has 2 N–H and O–H groups in total. The molecule has 2 amide bonds. The molecule has 1 aromatic rings. The van der Waals surface area contributed by atoms with E-state index in [9.17, 15) is 9.59 Å². The van der Waals surface area contributed by atoms with Crippen LogP contribution < -0.4 is 15.4 Å². The molecule has 0 spiro atoms. The Morgan fingerprint density at radius 2 is 1.75 bits per heavy atom. The Labute approximate surface area is 168 Å². The van der Waals surface area contributed by atoms with Crippen LogP contribution in [0.25, 0.3) is 6.08 Å². The summed E-state index contributed by atoms with van der Waals surface area (Å²) in [6.45, 7) is 4.52. The lowest BCUT2D eigenvalue weighted by Crippen LogP contribution is -2.24. The Hall–Kier alpha value is -2.34. The minimum absolute atomic E-state index is 0.142. The van der Waals surface area contributed by atoms with Gasteiger partial charge in [-0.05, 0) is 49.5 Å². The molecule has 1 rings (SSSR count). The lowest BCUT2D eigenvalue weighted by molar-refractivity contribution is -0.121. The minimum atomic E-state index is -0.142. The van der Waals surface area contributed by atoms with E-state index in [0.29, 0.717) is 26.2 Å². The van der Waals surface area contributed by atoms with Gasteiger partial charge in [-0.25, -0.2) is 0 Å². The summed E-state index contributed by atoms with van der Waals surface area (Å²) < 4.78 is 10.6. The van der Waals surface area contributed by atoms with Crippen LogP contribution in [0.15, 0.2) is 30.3 Å². The molecule has 0 unspecified atom stereocenters. The number of rotatable bonds is 15. The summed E-state index contributed by atoms with van der Waals surface area (Å²) in [6.07, 6.45) is 8.77. The fraction of sp³-hybridized carbons (Fsp3) is 0.545. The molecule has 156 valence electrons. The van der Waals surface area contributed by atoms with Crippen molar-refractivity contribution in [1.29, 1.82) is 0 Å². The number of carbonyl (C=O) groups excluding carboxylic acids is 2. The van der Waals surface area contributed by atoms with E-state index in [1.807, 2.05) is 24.3 Å². The highest BCUT2D eigenvalue weighted by Gasteiger charge is 2.00. The molecule has 0 radical (unpaired) electrons. The monoisotopic (exact) mass is 390 g/mol. The number of hydrogen-bond donors (Lipinski definition) is 2. The van der Waals surface area contributed by atoms with Crippen LogP contribution in [-0.4, -0.2) is 45.2 Å². The smallest absolute Gasteiger partial charge is 0.244 e. The van der Waals surface area contributed by atoms with Gasteiger partial charge in [0.25, 0.3) is 0 Å². The number of hydrogen-bond acceptors (Lipinski definition) is 4. The number of amides is 2. The fourth-order valence-corrected chi connectivity index (χ4v) is 2.43. The van der Waals surface area contributed by atoms with Crippen molar-refractivity contribution in [3.63, 3.8) is 0 Å². The zero-order valence-corrected chi connectivity index (χ0v) is 17.2. The molecule has 1 aromatic carbocycles. The Balaban J connectivity index is 2.14. The number of benzene rings is 1. The van der Waals surface area contributed by atoms with Gasteiger partial charge in [-0.3, -0.25) is 9.59 Å². The second-order valence-corrected chi connectivity index (χ2v) is 6.55. The summed E-state index contributed by atoms with van der Waals surface area (Å²) in [4.78, 5) is 23.2. The Bertz CT molecular complexity index is 585. The standard InChI is InChI=1S/C22H34N2O4/c1-3-4-15-23-21(25)8-6-5-7-17-28-20-12-9-19(10-13-20)11-14-22(26)24-16-18-27-2/h9-14H,3-8,15-18H2,1-2H3,(H,23,25)(H,24,26). The van der Waals surface area contributed by atoms with Gasteiger partial charge < -0.3 is 20.1 Å². The van der Waals surface area contributed by atoms with Crippen LogP contribution in [0.4, 0.5) is 0 Å². The molecule has 0 atom stereocenters. The van der Waals surface area contributed by atoms with E-state index in [2.05, 4.69) is 17.6 Å². The van der Waals surface area contributed by atoms with E-state index in [1.54, 1.807) is 13.2 Å². The number of ether oxygens (including phenoxy) is 2. The van der Waals surface area contributed by atoms with E-state index in [1.165, 1.54) is 6.08 Å². The molecule has 0 saturated heterocycles. The van der Waals surface area contributed by atoms with Gasteiger partial charge in [0, 0.05) is 32.7 Å². The van der Waals surface area contributed by atoms with Crippen molar-refractivity contribution in [2.45, 2.75) is 45.4 Å². The molecule has 0 saturated carbocycles. The van der Waals surface area contributed by atoms with Crippen molar-refractivity contribution in [3.8, 4) is 5.75 Å². The summed E-state index contributed by atoms with van der Waals surface area (Å²) in [6, 6.07) is 7.61. The maximum Gasteiger partial charge on any atom is 0.244 e. The van der Waals surface area contributed by atoms with E-state index in [-0.39, 0.29) is 11.8 Å². The molecule has 0 aliphatic carbocycles. The van der Waals surface area contributed by atoms with Crippen LogP contribution in [0, 0.1) is 0 Å². The van der Waals surface area contributed by atoms with Crippen molar-refractivity contribution in [2.75, 3.05) is 33.4 Å². The van der Waals surface area contributed by atoms with Gasteiger partial charge in [0.1, 0.15) is 5.75 Å². The molecule has 0 fully saturated rings. The van der Waals surface area contributed by atoms with Crippen LogP contribution in [0.3, 0.4) is 0 Å². The summed E-state index contributed by atoms with van der Waals surface area (Å²) >= 11 is 0. The molecule has 0 aromatic heterocycles. The molecule has 28 heavy (non-hydrogen) atoms. The van der Waals surface area contributed by atoms with Crippen molar-refractivity contribution in [3.05, 3.63) is 35.9 Å². The normalized spacial score (nSPS) is 10.8. The summed E-state index contributed by atoms with van der Waals surface area (Å²) in [5.74, 6) is 0.806. The number of methoxy groups -OCH3 is 1. The third-order valence-electron chi connectivity index (χ3n) is 4.08. The molecule has 0 bridgehead atoms. The third-order valence-corrected chi connectivity index (χ3v) is 4.08. The average Bonchev–Trinajstić information content (AvgIpc) is 2.70. The third kappa shape index (κ3) is 12.1. The van der Waals surface area contributed by atoms with Crippen molar-refractivity contribution < 1.29 is 19.1 Å². The van der Waals surface area contributed by atoms with Crippen LogP contribution in [0.2, 0.25) is 0 Å². The molecular formula is C22H34N2O4. The SMILES string of the molecule is CCCCNC(=O)CCCCCOc1ccc(C=CC(=O)NCCOC)cc1. The van der Waals surface area contributed by atoms with Gasteiger partial charge >= 0.3 is 0 Å². The second-order valence-electron chi connectivity index (χ2n) is 6.55. The molecule has 6 nitrogen and oxygen atoms in total. The molecule has 6 heteroatoms. The van der Waals surface area contributed by atoms with Gasteiger partial charge in [-0.2, -0.15) is 0 Å². The Morgan fingerprint density at radius 3 is 2.46 bits per heavy atom. The van der Waals surface area contributed by atoms with Crippen molar-refractivity contribution in [2.24, 2.45) is 0 Å². The van der Waals surface area contributed by atoms with Gasteiger partial charge in [0.15, 0.2) is 0 Å². The zero-order chi connectivity index (χ0) is 20.5. The van der Waals surface area contributed by atoms with Crippen LogP contribution in [-0.2, 0) is 14.3 Å². The van der Waals surface area contributed by atoms with Gasteiger partial charge in [-0.15, -0.1) is 0 Å². The van der Waals surface area contributed by atoms with Crippen LogP contribution >= 0.6 is 0 Å². The predicted octanol–water partition coefficient (Wildman–Crippen LogP) is 3.32. The highest BCUT2D eigenvalue weighted by atomic mass is 16.5. The van der Waals surface area contributed by atoms with E-state index >= 15 is 0 Å². The van der Waals surface area contributed by atoms with Crippen molar-refractivity contribution in [1.82, 2.24) is 10.6 Å². The van der Waals surface area contributed by atoms with Gasteiger partial charge in [0.05, 0.1) is 13.2 Å². The first kappa shape index (κ1) is 23.7. The molecule has 0 heterocycles. The highest BCUT2D eigenvalue weighted by Crippen LogP contribution is 2.14. The largest absolute Gasteiger partial charge is 0.494 e. The summed E-state index contributed by atoms with van der Waals surface area (Å²) in [5, 5.41) is 5.66. The fourth-order valence-electron chi connectivity index (χ4n) is 2.43. The quantitative estimate of drug-likeness (QED) is 0.356. The Kier molecular flexibility index (Phi) is 13.3. The molecule has 0 aliphatic heterocycles. The number of nitrogens with one attached hydrogen (secondary N) is 2. The van der Waals surface area contributed by atoms with Gasteiger partial charge in [0.2, 0.25) is 11.8 Å². The van der Waals surface area contributed by atoms with Crippen molar-refractivity contribution >= 4 is 17.9 Å². The lowest BCUT2D eigenvalue weighted by atomic mass is 10.2. The van der Waals surface area contributed by atoms with E-state index in [4.69, 9.17) is 9.47 Å². The molecular weight excluding hydrogens is 356 g/mol. The van der Waals surface area contributed by atoms with Crippen LogP contribution in [0.1, 0.15) is 51.0 Å². The zero-order valence-electron chi connectivity index (χ0n) is 17.2. The average molecular weight is 391 g/mol. The predicted molar refractivity (Wildman–Crippen MR) is 112 cm³/mol. The maximum absolute atomic E-state index is 11.6. The summed E-state index contributed by atoms with van der Waals surface area (Å²) in [5.41, 5.74) is 0.934. The topological polar surface area (TPSA) is 76.7 Å². The first-order valence-electron chi connectivity index (χ1n) is 10.1. The second kappa shape index (κ2) is 15.7. The molecule has 0 aliphatic rings. The summed E-state index contributed by atoms with van der Waals surface area (Å²) in [7, 11) is 1.60. The van der Waals surface area contributed by atoms with E-state index in [0.717, 1.165) is 50.0 Å². The lowest BCUT2D eigenvalue weighted by Gasteiger charge is -2.07. The highest BCUT2D eigenvalue weighted by molar-refractivity contribution is 5.91. The van der Waals surface area contributed by atoms with E-state index < -0.39 is 0 Å². The first-order chi connectivity index (χ1) is 13.7. The Morgan fingerprint density at radius 1 is 0.964 bits per heavy atom. The maximum atomic E-state index is 11.6. The minimum Gasteiger partial charge on any atom is -0.494 e. The first-order valence-corrected chi connectivity index (χ1v) is 10.1. The van der Waals surface area contributed by atoms with Crippen LogP contribution in [0.5, 0.6) is 5.75 Å².